The summed E-state index contributed by atoms with van der Waals surface area (Å²) in [6, 6.07) is -0.692. The van der Waals surface area contributed by atoms with E-state index >= 15 is 0 Å². The second-order valence-electron chi connectivity index (χ2n) is 2.94. The van der Waals surface area contributed by atoms with E-state index in [1.54, 1.807) is 0 Å². The van der Waals surface area contributed by atoms with Gasteiger partial charge in [-0.25, -0.2) is 0 Å². The Kier molecular flexibility index (Phi) is 6.70. The Morgan fingerprint density at radius 3 is 2.33 bits per heavy atom. The lowest BCUT2D eigenvalue weighted by Crippen LogP contribution is -2.29. The van der Waals surface area contributed by atoms with E-state index in [9.17, 15) is 4.79 Å². The molecule has 5 N–H and O–H groups in total. The van der Waals surface area contributed by atoms with Gasteiger partial charge in [0.2, 0.25) is 0 Å². The van der Waals surface area contributed by atoms with Gasteiger partial charge in [-0.1, -0.05) is 19.3 Å². The molecule has 0 amide bonds. The van der Waals surface area contributed by atoms with Crippen LogP contribution in [-0.4, -0.2) is 23.7 Å². The van der Waals surface area contributed by atoms with Crippen molar-refractivity contribution >= 4 is 5.97 Å². The second kappa shape index (κ2) is 7.06. The first-order chi connectivity index (χ1) is 5.68. The molecule has 0 heterocycles. The van der Waals surface area contributed by atoms with Gasteiger partial charge in [-0.2, -0.15) is 0 Å². The minimum absolute atomic E-state index is 0.569. The van der Waals surface area contributed by atoms with Crippen molar-refractivity contribution in [1.29, 1.82) is 0 Å². The van der Waals surface area contributed by atoms with E-state index in [4.69, 9.17) is 16.6 Å². The first kappa shape index (κ1) is 11.4. The summed E-state index contributed by atoms with van der Waals surface area (Å²) in [6.45, 7) is 0.713. The molecule has 1 unspecified atom stereocenters. The number of hydrogen-bond acceptors (Lipinski definition) is 3. The molecule has 0 rings (SSSR count). The number of carboxylic acids is 1. The van der Waals surface area contributed by atoms with Crippen molar-refractivity contribution in [3.8, 4) is 0 Å². The lowest BCUT2D eigenvalue weighted by molar-refractivity contribution is -0.138. The van der Waals surface area contributed by atoms with Gasteiger partial charge in [-0.15, -0.1) is 0 Å². The molecule has 0 aliphatic carbocycles. The summed E-state index contributed by atoms with van der Waals surface area (Å²) >= 11 is 0. The van der Waals surface area contributed by atoms with Crippen LogP contribution in [0.3, 0.4) is 0 Å². The molecule has 0 aromatic carbocycles. The third kappa shape index (κ3) is 6.12. The molecule has 0 fully saturated rings. The molecular weight excluding hydrogens is 156 g/mol. The average molecular weight is 174 g/mol. The van der Waals surface area contributed by atoms with E-state index in [0.29, 0.717) is 13.0 Å². The number of carboxylic acid groups (broad SMARTS) is 1. The van der Waals surface area contributed by atoms with Crippen LogP contribution in [0.1, 0.15) is 32.1 Å². The summed E-state index contributed by atoms with van der Waals surface area (Å²) in [7, 11) is 0. The maximum absolute atomic E-state index is 10.3. The molecule has 0 aromatic rings. The zero-order chi connectivity index (χ0) is 9.40. The van der Waals surface area contributed by atoms with Gasteiger partial charge in [-0.05, 0) is 19.4 Å². The molecule has 4 nitrogen and oxygen atoms in total. The van der Waals surface area contributed by atoms with Gasteiger partial charge in [0.25, 0.3) is 0 Å². The monoisotopic (exact) mass is 174 g/mol. The lowest BCUT2D eigenvalue weighted by Gasteiger charge is -2.04. The highest BCUT2D eigenvalue weighted by Gasteiger charge is 2.09. The van der Waals surface area contributed by atoms with Crippen LogP contribution in [0.25, 0.3) is 0 Å². The Balaban J connectivity index is 3.14. The Hall–Kier alpha value is -0.610. The Morgan fingerprint density at radius 1 is 1.25 bits per heavy atom. The van der Waals surface area contributed by atoms with Crippen LogP contribution in [0.4, 0.5) is 0 Å². The van der Waals surface area contributed by atoms with Gasteiger partial charge in [0.1, 0.15) is 6.04 Å². The zero-order valence-electron chi connectivity index (χ0n) is 7.33. The first-order valence-corrected chi connectivity index (χ1v) is 4.37. The highest BCUT2D eigenvalue weighted by atomic mass is 16.4. The molecule has 4 heteroatoms. The molecule has 0 spiro atoms. The second-order valence-corrected chi connectivity index (χ2v) is 2.94. The SMILES string of the molecule is NCCCCCCC(N)C(=O)O. The van der Waals surface area contributed by atoms with Gasteiger partial charge in [0, 0.05) is 0 Å². The third-order valence-corrected chi connectivity index (χ3v) is 1.79. The van der Waals surface area contributed by atoms with Gasteiger partial charge < -0.3 is 16.6 Å². The van der Waals surface area contributed by atoms with Crippen LogP contribution in [0.5, 0.6) is 0 Å². The van der Waals surface area contributed by atoms with E-state index in [0.717, 1.165) is 25.7 Å². The van der Waals surface area contributed by atoms with Crippen molar-refractivity contribution in [1.82, 2.24) is 0 Å². The molecule has 72 valence electrons. The summed E-state index contributed by atoms with van der Waals surface area (Å²) in [5.41, 5.74) is 10.6. The number of hydrogen-bond donors (Lipinski definition) is 3. The molecule has 0 aliphatic heterocycles. The minimum atomic E-state index is -0.908. The first-order valence-electron chi connectivity index (χ1n) is 4.37. The van der Waals surface area contributed by atoms with Crippen LogP contribution < -0.4 is 11.5 Å². The van der Waals surface area contributed by atoms with Crippen molar-refractivity contribution in [2.75, 3.05) is 6.54 Å². The number of rotatable bonds is 7. The normalized spacial score (nSPS) is 12.8. The maximum atomic E-state index is 10.3. The van der Waals surface area contributed by atoms with E-state index in [-0.39, 0.29) is 0 Å². The Labute approximate surface area is 72.9 Å². The van der Waals surface area contributed by atoms with E-state index in [1.165, 1.54) is 0 Å². The molecule has 0 saturated heterocycles. The maximum Gasteiger partial charge on any atom is 0.320 e. The van der Waals surface area contributed by atoms with Crippen LogP contribution in [-0.2, 0) is 4.79 Å². The van der Waals surface area contributed by atoms with E-state index < -0.39 is 12.0 Å². The van der Waals surface area contributed by atoms with Gasteiger partial charge in [0.05, 0.1) is 0 Å². The average Bonchev–Trinajstić information content (AvgIpc) is 2.03. The molecular formula is C8H18N2O2. The van der Waals surface area contributed by atoms with Gasteiger partial charge in [-0.3, -0.25) is 4.79 Å². The Morgan fingerprint density at radius 2 is 1.83 bits per heavy atom. The largest absolute Gasteiger partial charge is 0.480 e. The summed E-state index contributed by atoms with van der Waals surface area (Å²) in [4.78, 5) is 10.3. The number of unbranched alkanes of at least 4 members (excludes halogenated alkanes) is 3. The molecule has 0 saturated carbocycles. The quantitative estimate of drug-likeness (QED) is 0.484. The van der Waals surface area contributed by atoms with Crippen LogP contribution >= 0.6 is 0 Å². The number of carbonyl (C=O) groups is 1. The predicted octanol–water partition coefficient (Wildman–Crippen LogP) is 0.308. The molecule has 0 aliphatic rings. The predicted molar refractivity (Wildman–Crippen MR) is 47.8 cm³/mol. The third-order valence-electron chi connectivity index (χ3n) is 1.79. The lowest BCUT2D eigenvalue weighted by atomic mass is 10.1. The fraction of sp³-hybridized carbons (Fsp3) is 0.875. The summed E-state index contributed by atoms with van der Waals surface area (Å²) < 4.78 is 0. The van der Waals surface area contributed by atoms with Crippen molar-refractivity contribution in [2.45, 2.75) is 38.1 Å². The summed E-state index contributed by atoms with van der Waals surface area (Å²) in [5.74, 6) is -0.908. The molecule has 1 atom stereocenters. The zero-order valence-corrected chi connectivity index (χ0v) is 7.33. The Bertz CT molecular complexity index is 128. The topological polar surface area (TPSA) is 89.3 Å². The van der Waals surface area contributed by atoms with Crippen molar-refractivity contribution in [2.24, 2.45) is 11.5 Å². The summed E-state index contributed by atoms with van der Waals surface area (Å²) in [5, 5.41) is 8.44. The van der Waals surface area contributed by atoms with Crippen molar-refractivity contribution in [3.05, 3.63) is 0 Å². The molecule has 0 aromatic heterocycles. The summed E-state index contributed by atoms with van der Waals surface area (Å²) in [6.07, 6.45) is 4.57. The van der Waals surface area contributed by atoms with E-state index in [1.807, 2.05) is 0 Å². The van der Waals surface area contributed by atoms with Crippen molar-refractivity contribution < 1.29 is 9.90 Å². The molecule has 0 bridgehead atoms. The van der Waals surface area contributed by atoms with Gasteiger partial charge in [0.15, 0.2) is 0 Å². The van der Waals surface area contributed by atoms with E-state index in [2.05, 4.69) is 0 Å². The fourth-order valence-electron chi connectivity index (χ4n) is 0.986. The highest BCUT2D eigenvalue weighted by Crippen LogP contribution is 2.03. The van der Waals surface area contributed by atoms with Crippen LogP contribution in [0.15, 0.2) is 0 Å². The number of aliphatic carboxylic acids is 1. The van der Waals surface area contributed by atoms with Gasteiger partial charge >= 0.3 is 5.97 Å². The molecule has 0 radical (unpaired) electrons. The smallest absolute Gasteiger partial charge is 0.320 e. The van der Waals surface area contributed by atoms with Crippen LogP contribution in [0.2, 0.25) is 0 Å². The standard InChI is InChI=1S/C8H18N2O2/c9-6-4-2-1-3-5-7(10)8(11)12/h7H,1-6,9-10H2,(H,11,12). The highest BCUT2D eigenvalue weighted by molar-refractivity contribution is 5.72. The minimum Gasteiger partial charge on any atom is -0.480 e. The van der Waals surface area contributed by atoms with Crippen LogP contribution in [0, 0.1) is 0 Å². The van der Waals surface area contributed by atoms with Crippen molar-refractivity contribution in [3.63, 3.8) is 0 Å². The molecule has 12 heavy (non-hydrogen) atoms. The fourth-order valence-corrected chi connectivity index (χ4v) is 0.986. The number of nitrogens with two attached hydrogens (primary N) is 2.